The van der Waals surface area contributed by atoms with Gasteiger partial charge in [0.05, 0.1) is 5.75 Å². The Morgan fingerprint density at radius 1 is 1.33 bits per heavy atom. The molecule has 0 aromatic carbocycles. The van der Waals surface area contributed by atoms with Crippen molar-refractivity contribution < 1.29 is 8.42 Å². The molecule has 18 heavy (non-hydrogen) atoms. The van der Waals surface area contributed by atoms with Crippen LogP contribution in [0.4, 0.5) is 0 Å². The minimum atomic E-state index is -2.82. The summed E-state index contributed by atoms with van der Waals surface area (Å²) in [4.78, 5) is 2.39. The second-order valence-corrected chi connectivity index (χ2v) is 7.79. The zero-order chi connectivity index (χ0) is 13.6. The average molecular weight is 276 g/mol. The van der Waals surface area contributed by atoms with Gasteiger partial charge >= 0.3 is 0 Å². The van der Waals surface area contributed by atoms with Crippen molar-refractivity contribution in [1.29, 1.82) is 0 Å². The number of likely N-dealkylation sites (tertiary alicyclic amines) is 1. The van der Waals surface area contributed by atoms with Gasteiger partial charge in [-0.25, -0.2) is 8.42 Å². The van der Waals surface area contributed by atoms with Gasteiger partial charge in [0.2, 0.25) is 0 Å². The number of nitrogens with zero attached hydrogens (tertiary/aromatic N) is 1. The average Bonchev–Trinajstić information content (AvgIpc) is 2.38. The fourth-order valence-electron chi connectivity index (χ4n) is 2.73. The van der Waals surface area contributed by atoms with Gasteiger partial charge in [-0.1, -0.05) is 20.3 Å². The Bertz CT molecular complexity index is 330. The first kappa shape index (κ1) is 15.9. The molecule has 4 nitrogen and oxygen atoms in total. The van der Waals surface area contributed by atoms with Crippen LogP contribution in [0.2, 0.25) is 0 Å². The Morgan fingerprint density at radius 3 is 2.61 bits per heavy atom. The molecular formula is C13H28N2O2S. The Morgan fingerprint density at radius 2 is 2.06 bits per heavy atom. The Labute approximate surface area is 112 Å². The van der Waals surface area contributed by atoms with E-state index in [2.05, 4.69) is 11.8 Å². The summed E-state index contributed by atoms with van der Waals surface area (Å²) in [6.07, 6.45) is 4.37. The summed E-state index contributed by atoms with van der Waals surface area (Å²) >= 11 is 0. The van der Waals surface area contributed by atoms with Crippen molar-refractivity contribution in [3.8, 4) is 0 Å². The van der Waals surface area contributed by atoms with Crippen LogP contribution in [0.5, 0.6) is 0 Å². The van der Waals surface area contributed by atoms with Crippen LogP contribution in [0.1, 0.15) is 39.5 Å². The summed E-state index contributed by atoms with van der Waals surface area (Å²) < 4.78 is 22.9. The zero-order valence-electron chi connectivity index (χ0n) is 11.8. The van der Waals surface area contributed by atoms with Crippen molar-refractivity contribution in [3.05, 3.63) is 0 Å². The number of nitrogens with two attached hydrogens (primary N) is 1. The molecule has 0 spiro atoms. The highest BCUT2D eigenvalue weighted by molar-refractivity contribution is 7.91. The quantitative estimate of drug-likeness (QED) is 0.760. The maximum Gasteiger partial charge on any atom is 0.150 e. The van der Waals surface area contributed by atoms with Gasteiger partial charge in [-0.15, -0.1) is 0 Å². The third kappa shape index (κ3) is 4.86. The van der Waals surface area contributed by atoms with Gasteiger partial charge in [0, 0.05) is 18.3 Å². The normalized spacial score (nSPS) is 26.4. The van der Waals surface area contributed by atoms with Gasteiger partial charge in [0.15, 0.2) is 0 Å². The molecule has 1 fully saturated rings. The lowest BCUT2D eigenvalue weighted by atomic mass is 9.89. The van der Waals surface area contributed by atoms with Gasteiger partial charge < -0.3 is 5.73 Å². The van der Waals surface area contributed by atoms with Crippen LogP contribution < -0.4 is 5.73 Å². The summed E-state index contributed by atoms with van der Waals surface area (Å²) in [5.41, 5.74) is 5.83. The van der Waals surface area contributed by atoms with Crippen molar-refractivity contribution in [3.63, 3.8) is 0 Å². The van der Waals surface area contributed by atoms with Crippen molar-refractivity contribution in [2.24, 2.45) is 11.7 Å². The van der Waals surface area contributed by atoms with Crippen LogP contribution in [0.3, 0.4) is 0 Å². The van der Waals surface area contributed by atoms with E-state index in [-0.39, 0.29) is 5.75 Å². The molecule has 0 radical (unpaired) electrons. The Hall–Kier alpha value is -0.130. The van der Waals surface area contributed by atoms with Crippen LogP contribution >= 0.6 is 0 Å². The van der Waals surface area contributed by atoms with Crippen molar-refractivity contribution in [1.82, 2.24) is 4.90 Å². The first-order valence-electron chi connectivity index (χ1n) is 7.17. The summed E-state index contributed by atoms with van der Waals surface area (Å²) in [6.45, 7) is 6.59. The van der Waals surface area contributed by atoms with E-state index in [1.165, 1.54) is 19.3 Å². The lowest BCUT2D eigenvalue weighted by Crippen LogP contribution is -2.47. The Balaban J connectivity index is 2.37. The smallest absolute Gasteiger partial charge is 0.150 e. The molecule has 5 heteroatoms. The zero-order valence-corrected chi connectivity index (χ0v) is 12.6. The molecule has 2 unspecified atom stereocenters. The molecule has 1 aliphatic rings. The van der Waals surface area contributed by atoms with Gasteiger partial charge in [-0.05, 0) is 38.3 Å². The number of hydrogen-bond donors (Lipinski definition) is 1. The summed E-state index contributed by atoms with van der Waals surface area (Å²) in [7, 11) is -2.82. The Kier molecular flexibility index (Phi) is 6.60. The van der Waals surface area contributed by atoms with Crippen LogP contribution in [0, 0.1) is 5.92 Å². The summed E-state index contributed by atoms with van der Waals surface area (Å²) in [6, 6.07) is 0.452. The topological polar surface area (TPSA) is 63.4 Å². The molecule has 0 aromatic rings. The molecule has 0 bridgehead atoms. The molecule has 2 N–H and O–H groups in total. The molecule has 1 rings (SSSR count). The molecule has 0 saturated carbocycles. The van der Waals surface area contributed by atoms with Crippen LogP contribution in [0.15, 0.2) is 0 Å². The lowest BCUT2D eigenvalue weighted by molar-refractivity contribution is 0.115. The molecule has 1 aliphatic heterocycles. The highest BCUT2D eigenvalue weighted by atomic mass is 32.2. The lowest BCUT2D eigenvalue weighted by Gasteiger charge is -2.38. The van der Waals surface area contributed by atoms with E-state index in [9.17, 15) is 8.42 Å². The van der Waals surface area contributed by atoms with E-state index in [0.29, 0.717) is 18.3 Å². The second-order valence-electron chi connectivity index (χ2n) is 5.31. The molecule has 108 valence electrons. The third-order valence-corrected chi connectivity index (χ3v) is 5.93. The minimum absolute atomic E-state index is 0.255. The molecule has 0 aromatic heterocycles. The van der Waals surface area contributed by atoms with Crippen molar-refractivity contribution in [2.45, 2.75) is 45.6 Å². The molecule has 1 saturated heterocycles. The maximum absolute atomic E-state index is 11.4. The van der Waals surface area contributed by atoms with Gasteiger partial charge in [0.25, 0.3) is 0 Å². The molecule has 0 amide bonds. The van der Waals surface area contributed by atoms with E-state index in [0.717, 1.165) is 25.4 Å². The first-order chi connectivity index (χ1) is 8.52. The third-order valence-electron chi connectivity index (χ3n) is 4.14. The van der Waals surface area contributed by atoms with Gasteiger partial charge in [-0.3, -0.25) is 4.90 Å². The minimum Gasteiger partial charge on any atom is -0.329 e. The van der Waals surface area contributed by atoms with E-state index >= 15 is 0 Å². The fraction of sp³-hybridized carbons (Fsp3) is 1.00. The van der Waals surface area contributed by atoms with Gasteiger partial charge in [-0.2, -0.15) is 0 Å². The molecule has 0 aliphatic carbocycles. The van der Waals surface area contributed by atoms with E-state index in [4.69, 9.17) is 5.73 Å². The standard InChI is InChI=1S/C13H28N2O2S/c1-3-12-6-8-15(13(10-12)11-14)7-5-9-18(16,17)4-2/h12-13H,3-11,14H2,1-2H3. The first-order valence-corrected chi connectivity index (χ1v) is 8.99. The molecule has 1 heterocycles. The highest BCUT2D eigenvalue weighted by Crippen LogP contribution is 2.24. The summed E-state index contributed by atoms with van der Waals surface area (Å²) in [5, 5.41) is 0. The SMILES string of the molecule is CCC1CCN(CCCS(=O)(=O)CC)C(CN)C1. The van der Waals surface area contributed by atoms with Crippen LogP contribution in [-0.4, -0.2) is 50.5 Å². The van der Waals surface area contributed by atoms with Crippen molar-refractivity contribution >= 4 is 9.84 Å². The molecule has 2 atom stereocenters. The van der Waals surface area contributed by atoms with E-state index in [1.54, 1.807) is 6.92 Å². The van der Waals surface area contributed by atoms with Crippen LogP contribution in [-0.2, 0) is 9.84 Å². The number of piperidine rings is 1. The number of hydrogen-bond acceptors (Lipinski definition) is 4. The predicted molar refractivity (Wildman–Crippen MR) is 76.4 cm³/mol. The van der Waals surface area contributed by atoms with Crippen molar-refractivity contribution in [2.75, 3.05) is 31.1 Å². The number of sulfone groups is 1. The second kappa shape index (κ2) is 7.46. The fourth-order valence-corrected chi connectivity index (χ4v) is 3.58. The number of rotatable bonds is 7. The monoisotopic (exact) mass is 276 g/mol. The predicted octanol–water partition coefficient (Wildman–Crippen LogP) is 1.26. The maximum atomic E-state index is 11.4. The van der Waals surface area contributed by atoms with E-state index < -0.39 is 9.84 Å². The summed E-state index contributed by atoms with van der Waals surface area (Å²) in [5.74, 6) is 1.37. The van der Waals surface area contributed by atoms with Crippen LogP contribution in [0.25, 0.3) is 0 Å². The van der Waals surface area contributed by atoms with E-state index in [1.807, 2.05) is 0 Å². The van der Waals surface area contributed by atoms with Gasteiger partial charge in [0.1, 0.15) is 9.84 Å². The highest BCUT2D eigenvalue weighted by Gasteiger charge is 2.26. The largest absolute Gasteiger partial charge is 0.329 e. The molecular weight excluding hydrogens is 248 g/mol.